The number of rotatable bonds is 8. The van der Waals surface area contributed by atoms with E-state index in [9.17, 15) is 14.4 Å². The number of hydrogen-bond donors (Lipinski definition) is 1. The second-order valence-electron chi connectivity index (χ2n) is 6.04. The molecule has 0 bridgehead atoms. The molecular weight excluding hydrogens is 416 g/mol. The maximum atomic E-state index is 12.2. The first-order valence-electron chi connectivity index (χ1n) is 8.62. The van der Waals surface area contributed by atoms with E-state index in [0.717, 1.165) is 4.88 Å². The van der Waals surface area contributed by atoms with E-state index in [1.807, 2.05) is 13.0 Å². The molecule has 0 saturated carbocycles. The minimum absolute atomic E-state index is 0.0329. The Bertz CT molecular complexity index is 1030. The van der Waals surface area contributed by atoms with Crippen LogP contribution in [0, 0.1) is 6.92 Å². The number of thiophene rings is 1. The van der Waals surface area contributed by atoms with Crippen LogP contribution >= 0.6 is 22.9 Å². The van der Waals surface area contributed by atoms with Crippen molar-refractivity contribution in [3.8, 4) is 5.69 Å². The van der Waals surface area contributed by atoms with Gasteiger partial charge in [0.15, 0.2) is 12.4 Å². The van der Waals surface area contributed by atoms with E-state index in [2.05, 4.69) is 15.4 Å². The van der Waals surface area contributed by atoms with Gasteiger partial charge in [-0.3, -0.25) is 14.4 Å². The van der Waals surface area contributed by atoms with Crippen LogP contribution in [0.2, 0.25) is 5.02 Å². The third-order valence-corrected chi connectivity index (χ3v) is 5.11. The lowest BCUT2D eigenvalue weighted by Crippen LogP contribution is -2.22. The lowest BCUT2D eigenvalue weighted by molar-refractivity contribution is -0.147. The molecule has 0 aliphatic rings. The average Bonchev–Trinajstić information content (AvgIpc) is 3.36. The van der Waals surface area contributed by atoms with E-state index in [-0.39, 0.29) is 18.6 Å². The van der Waals surface area contributed by atoms with Crippen LogP contribution in [-0.2, 0) is 14.3 Å². The lowest BCUT2D eigenvalue weighted by atomic mass is 10.2. The molecule has 1 aromatic carbocycles. The normalized spacial score (nSPS) is 10.6. The number of ether oxygens (including phenoxy) is 1. The first kappa shape index (κ1) is 20.7. The van der Waals surface area contributed by atoms with Gasteiger partial charge in [0.05, 0.1) is 22.7 Å². The van der Waals surface area contributed by atoms with Crippen molar-refractivity contribution in [1.29, 1.82) is 0 Å². The SMILES string of the molecule is Cc1ccc(C(=O)CCC(=O)OCC(=O)Nc2cc(Cl)ccc2-n2cncn2)s1. The van der Waals surface area contributed by atoms with Gasteiger partial charge in [0, 0.05) is 16.3 Å². The van der Waals surface area contributed by atoms with Gasteiger partial charge in [-0.05, 0) is 37.3 Å². The van der Waals surface area contributed by atoms with Crippen molar-refractivity contribution >= 4 is 46.3 Å². The summed E-state index contributed by atoms with van der Waals surface area (Å²) in [7, 11) is 0. The lowest BCUT2D eigenvalue weighted by Gasteiger charge is -2.11. The molecule has 0 radical (unpaired) electrons. The number of anilines is 1. The highest BCUT2D eigenvalue weighted by Gasteiger charge is 2.15. The fourth-order valence-corrected chi connectivity index (χ4v) is 3.48. The van der Waals surface area contributed by atoms with Gasteiger partial charge in [-0.2, -0.15) is 5.10 Å². The summed E-state index contributed by atoms with van der Waals surface area (Å²) < 4.78 is 6.43. The van der Waals surface area contributed by atoms with Crippen LogP contribution < -0.4 is 5.32 Å². The Morgan fingerprint density at radius 2 is 2.03 bits per heavy atom. The smallest absolute Gasteiger partial charge is 0.306 e. The van der Waals surface area contributed by atoms with Gasteiger partial charge >= 0.3 is 5.97 Å². The fourth-order valence-electron chi connectivity index (χ4n) is 2.47. The molecule has 0 aliphatic carbocycles. The van der Waals surface area contributed by atoms with Crippen molar-refractivity contribution in [3.05, 3.63) is 57.8 Å². The third-order valence-electron chi connectivity index (χ3n) is 3.83. The van der Waals surface area contributed by atoms with Crippen molar-refractivity contribution in [2.75, 3.05) is 11.9 Å². The number of halogens is 1. The standard InChI is InChI=1S/C19H17ClN4O4S/c1-12-2-6-17(29-12)16(25)5-7-19(27)28-9-18(26)23-14-8-13(20)3-4-15(14)24-11-21-10-22-24/h2-4,6,8,10-11H,5,7,9H2,1H3,(H,23,26). The minimum Gasteiger partial charge on any atom is -0.456 e. The molecule has 2 heterocycles. The molecule has 0 saturated heterocycles. The summed E-state index contributed by atoms with van der Waals surface area (Å²) in [5.74, 6) is -1.28. The van der Waals surface area contributed by atoms with E-state index < -0.39 is 18.5 Å². The van der Waals surface area contributed by atoms with Crippen molar-refractivity contribution in [3.63, 3.8) is 0 Å². The van der Waals surface area contributed by atoms with Crippen LogP contribution in [-0.4, -0.2) is 39.0 Å². The Labute approximate surface area is 175 Å². The number of amides is 1. The van der Waals surface area contributed by atoms with E-state index >= 15 is 0 Å². The predicted octanol–water partition coefficient (Wildman–Crippen LogP) is 3.44. The van der Waals surface area contributed by atoms with E-state index in [1.54, 1.807) is 24.3 Å². The van der Waals surface area contributed by atoms with Crippen LogP contribution in [0.4, 0.5) is 5.69 Å². The summed E-state index contributed by atoms with van der Waals surface area (Å²) >= 11 is 7.38. The van der Waals surface area contributed by atoms with Crippen molar-refractivity contribution in [2.24, 2.45) is 0 Å². The van der Waals surface area contributed by atoms with Crippen molar-refractivity contribution in [2.45, 2.75) is 19.8 Å². The highest BCUT2D eigenvalue weighted by molar-refractivity contribution is 7.14. The van der Waals surface area contributed by atoms with Crippen molar-refractivity contribution < 1.29 is 19.1 Å². The number of nitrogens with zero attached hydrogens (tertiary/aromatic N) is 3. The summed E-state index contributed by atoms with van der Waals surface area (Å²) in [6.07, 6.45) is 2.78. The Hall–Kier alpha value is -3.04. The number of carbonyl (C=O) groups excluding carboxylic acids is 3. The van der Waals surface area contributed by atoms with Gasteiger partial charge in [0.2, 0.25) is 0 Å². The Balaban J connectivity index is 1.50. The van der Waals surface area contributed by atoms with Crippen LogP contribution in [0.5, 0.6) is 0 Å². The molecule has 29 heavy (non-hydrogen) atoms. The van der Waals surface area contributed by atoms with Crippen molar-refractivity contribution in [1.82, 2.24) is 14.8 Å². The van der Waals surface area contributed by atoms with Gasteiger partial charge in [0.25, 0.3) is 5.91 Å². The van der Waals surface area contributed by atoms with Gasteiger partial charge < -0.3 is 10.1 Å². The second kappa shape index (κ2) is 9.44. The summed E-state index contributed by atoms with van der Waals surface area (Å²) in [6, 6.07) is 8.47. The van der Waals surface area contributed by atoms with Gasteiger partial charge in [-0.15, -0.1) is 11.3 Å². The minimum atomic E-state index is -0.621. The van der Waals surface area contributed by atoms with Gasteiger partial charge in [-0.1, -0.05) is 11.6 Å². The molecule has 1 N–H and O–H groups in total. The first-order valence-corrected chi connectivity index (χ1v) is 9.81. The molecule has 0 atom stereocenters. The second-order valence-corrected chi connectivity index (χ2v) is 7.77. The average molecular weight is 433 g/mol. The molecule has 3 aromatic rings. The number of hydrogen-bond acceptors (Lipinski definition) is 7. The highest BCUT2D eigenvalue weighted by atomic mass is 35.5. The molecule has 0 fully saturated rings. The Morgan fingerprint density at radius 1 is 1.21 bits per heavy atom. The number of aryl methyl sites for hydroxylation is 1. The van der Waals surface area contributed by atoms with E-state index in [1.165, 1.54) is 28.7 Å². The maximum Gasteiger partial charge on any atom is 0.306 e. The topological polar surface area (TPSA) is 103 Å². The number of nitrogens with one attached hydrogen (secondary N) is 1. The number of ketones is 1. The van der Waals surface area contributed by atoms with E-state index in [0.29, 0.717) is 21.3 Å². The largest absolute Gasteiger partial charge is 0.456 e. The quantitative estimate of drug-likeness (QED) is 0.432. The molecule has 0 spiro atoms. The summed E-state index contributed by atoms with van der Waals surface area (Å²) in [4.78, 5) is 41.5. The zero-order chi connectivity index (χ0) is 20.8. The maximum absolute atomic E-state index is 12.2. The highest BCUT2D eigenvalue weighted by Crippen LogP contribution is 2.24. The summed E-state index contributed by atoms with van der Waals surface area (Å²) in [5, 5.41) is 7.07. The Kier molecular flexibility index (Phi) is 6.73. The first-order chi connectivity index (χ1) is 13.9. The fraction of sp³-hybridized carbons (Fsp3) is 0.211. The molecular formula is C19H17ClN4O4S. The number of benzene rings is 1. The number of aromatic nitrogens is 3. The van der Waals surface area contributed by atoms with Crippen LogP contribution in [0.3, 0.4) is 0 Å². The molecule has 1 amide bonds. The Morgan fingerprint density at radius 3 is 2.72 bits per heavy atom. The van der Waals surface area contributed by atoms with Gasteiger partial charge in [0.1, 0.15) is 12.7 Å². The van der Waals surface area contributed by atoms with Crippen LogP contribution in [0.25, 0.3) is 5.69 Å². The monoisotopic (exact) mass is 432 g/mol. The molecule has 2 aromatic heterocycles. The molecule has 3 rings (SSSR count). The molecule has 0 aliphatic heterocycles. The number of esters is 1. The summed E-state index contributed by atoms with van der Waals surface area (Å²) in [6.45, 7) is 1.43. The zero-order valence-corrected chi connectivity index (χ0v) is 17.0. The number of carbonyl (C=O) groups is 3. The molecule has 8 nitrogen and oxygen atoms in total. The molecule has 10 heteroatoms. The summed E-state index contributed by atoms with van der Waals surface area (Å²) in [5.41, 5.74) is 0.954. The van der Waals surface area contributed by atoms with Crippen LogP contribution in [0.15, 0.2) is 43.0 Å². The van der Waals surface area contributed by atoms with E-state index in [4.69, 9.17) is 16.3 Å². The zero-order valence-electron chi connectivity index (χ0n) is 15.4. The molecule has 0 unspecified atom stereocenters. The van der Waals surface area contributed by atoms with Gasteiger partial charge in [-0.25, -0.2) is 9.67 Å². The molecule has 150 valence electrons. The third kappa shape index (κ3) is 5.72. The predicted molar refractivity (Wildman–Crippen MR) is 109 cm³/mol. The van der Waals surface area contributed by atoms with Crippen LogP contribution in [0.1, 0.15) is 27.4 Å². The number of Topliss-reactive ketones (excluding diaryl/α,β-unsaturated/α-hetero) is 1.